The second kappa shape index (κ2) is 9.47. The van der Waals surface area contributed by atoms with Crippen LogP contribution in [0.5, 0.6) is 5.75 Å². The number of aromatic nitrogens is 4. The van der Waals surface area contributed by atoms with Crippen LogP contribution in [0.1, 0.15) is 25.0 Å². The van der Waals surface area contributed by atoms with E-state index >= 15 is 0 Å². The Hall–Kier alpha value is -3.94. The highest BCUT2D eigenvalue weighted by atomic mass is 16.5. The van der Waals surface area contributed by atoms with Gasteiger partial charge >= 0.3 is 0 Å². The van der Waals surface area contributed by atoms with Crippen LogP contribution in [0.3, 0.4) is 0 Å². The van der Waals surface area contributed by atoms with Crippen LogP contribution < -0.4 is 15.6 Å². The maximum Gasteiger partial charge on any atom is 0.293 e. The molecule has 0 saturated carbocycles. The van der Waals surface area contributed by atoms with Crippen LogP contribution >= 0.6 is 0 Å². The molecule has 1 N–H and O–H groups in total. The summed E-state index contributed by atoms with van der Waals surface area (Å²) in [7, 11) is 0. The fraction of sp³-hybridized carbons (Fsp3) is 0.250. The van der Waals surface area contributed by atoms with E-state index in [2.05, 4.69) is 22.4 Å². The van der Waals surface area contributed by atoms with Crippen molar-refractivity contribution in [3.63, 3.8) is 0 Å². The van der Waals surface area contributed by atoms with Gasteiger partial charge in [0.05, 0.1) is 12.3 Å². The molecule has 4 rings (SSSR count). The van der Waals surface area contributed by atoms with Crippen molar-refractivity contribution >= 4 is 11.4 Å². The SMILES string of the molecule is CCOc1ccc(-c2cc3c(=O)n(CC(=O)NCc4ccc(CC)cc4)ncn3n2)cc1. The Morgan fingerprint density at radius 2 is 1.75 bits per heavy atom. The first kappa shape index (κ1) is 21.3. The molecule has 0 aliphatic heterocycles. The summed E-state index contributed by atoms with van der Waals surface area (Å²) in [5, 5.41) is 11.4. The molecule has 8 nitrogen and oxygen atoms in total. The zero-order valence-electron chi connectivity index (χ0n) is 18.1. The molecule has 0 unspecified atom stereocenters. The number of ether oxygens (including phenoxy) is 1. The molecular formula is C24H25N5O3. The van der Waals surface area contributed by atoms with Crippen LogP contribution in [-0.2, 0) is 24.3 Å². The maximum absolute atomic E-state index is 12.8. The monoisotopic (exact) mass is 431 g/mol. The molecule has 0 bridgehead atoms. The van der Waals surface area contributed by atoms with E-state index in [1.165, 1.54) is 16.4 Å². The number of rotatable bonds is 8. The molecule has 32 heavy (non-hydrogen) atoms. The van der Waals surface area contributed by atoms with Gasteiger partial charge in [-0.3, -0.25) is 9.59 Å². The number of benzene rings is 2. The summed E-state index contributed by atoms with van der Waals surface area (Å²) in [6.07, 6.45) is 2.41. The largest absolute Gasteiger partial charge is 0.494 e. The number of hydrogen-bond donors (Lipinski definition) is 1. The van der Waals surface area contributed by atoms with E-state index in [1.807, 2.05) is 55.5 Å². The first-order valence-corrected chi connectivity index (χ1v) is 10.6. The van der Waals surface area contributed by atoms with Crippen molar-refractivity contribution in [1.82, 2.24) is 24.7 Å². The van der Waals surface area contributed by atoms with Gasteiger partial charge in [0, 0.05) is 12.1 Å². The van der Waals surface area contributed by atoms with E-state index in [9.17, 15) is 9.59 Å². The van der Waals surface area contributed by atoms with Crippen molar-refractivity contribution in [2.24, 2.45) is 0 Å². The molecule has 0 aliphatic rings. The third-order valence-corrected chi connectivity index (χ3v) is 5.17. The van der Waals surface area contributed by atoms with Gasteiger partial charge in [-0.25, -0.2) is 9.20 Å². The lowest BCUT2D eigenvalue weighted by Crippen LogP contribution is -2.34. The van der Waals surface area contributed by atoms with Crippen LogP contribution in [0.4, 0.5) is 0 Å². The Labute approximate surface area is 185 Å². The number of nitrogens with one attached hydrogen (secondary N) is 1. The first-order valence-electron chi connectivity index (χ1n) is 10.6. The molecule has 0 aliphatic carbocycles. The zero-order valence-corrected chi connectivity index (χ0v) is 18.1. The third-order valence-electron chi connectivity index (χ3n) is 5.17. The molecule has 0 spiro atoms. The van der Waals surface area contributed by atoms with Gasteiger partial charge in [-0.15, -0.1) is 0 Å². The van der Waals surface area contributed by atoms with Crippen molar-refractivity contribution in [3.05, 3.63) is 82.4 Å². The lowest BCUT2D eigenvalue weighted by Gasteiger charge is -2.07. The minimum absolute atomic E-state index is 0.161. The van der Waals surface area contributed by atoms with E-state index in [1.54, 1.807) is 6.07 Å². The van der Waals surface area contributed by atoms with Gasteiger partial charge in [-0.2, -0.15) is 10.2 Å². The standard InChI is InChI=1S/C24H25N5O3/c1-3-17-5-7-18(8-6-17)14-25-23(30)15-28-24(31)22-13-21(27-29(22)16-26-28)19-9-11-20(12-10-19)32-4-2/h5-13,16H,3-4,14-15H2,1-2H3,(H,25,30). The Kier molecular flexibility index (Phi) is 6.30. The van der Waals surface area contributed by atoms with Crippen molar-refractivity contribution < 1.29 is 9.53 Å². The molecule has 164 valence electrons. The molecule has 0 saturated heterocycles. The molecule has 8 heteroatoms. The first-order chi connectivity index (χ1) is 15.6. The summed E-state index contributed by atoms with van der Waals surface area (Å²) in [5.74, 6) is 0.492. The van der Waals surface area contributed by atoms with E-state index in [-0.39, 0.29) is 18.0 Å². The highest BCUT2D eigenvalue weighted by Crippen LogP contribution is 2.21. The average Bonchev–Trinajstić information content (AvgIpc) is 3.26. The van der Waals surface area contributed by atoms with Gasteiger partial charge in [0.2, 0.25) is 5.91 Å². The Morgan fingerprint density at radius 3 is 2.44 bits per heavy atom. The highest BCUT2D eigenvalue weighted by molar-refractivity contribution is 5.75. The minimum atomic E-state index is -0.375. The predicted molar refractivity (Wildman–Crippen MR) is 122 cm³/mol. The molecule has 4 aromatic rings. The van der Waals surface area contributed by atoms with Crippen molar-refractivity contribution in [2.75, 3.05) is 6.61 Å². The average molecular weight is 431 g/mol. The second-order valence-corrected chi connectivity index (χ2v) is 7.36. The lowest BCUT2D eigenvalue weighted by atomic mass is 10.1. The molecule has 2 aromatic carbocycles. The normalized spacial score (nSPS) is 10.9. The summed E-state index contributed by atoms with van der Waals surface area (Å²) >= 11 is 0. The molecule has 0 radical (unpaired) electrons. The number of amides is 1. The van der Waals surface area contributed by atoms with Gasteiger partial charge in [0.1, 0.15) is 24.1 Å². The number of nitrogens with zero attached hydrogens (tertiary/aromatic N) is 4. The van der Waals surface area contributed by atoms with E-state index < -0.39 is 0 Å². The quantitative estimate of drug-likeness (QED) is 0.463. The molecular weight excluding hydrogens is 406 g/mol. The van der Waals surface area contributed by atoms with Gasteiger partial charge in [-0.1, -0.05) is 31.2 Å². The van der Waals surface area contributed by atoms with Crippen LogP contribution in [0.25, 0.3) is 16.8 Å². The maximum atomic E-state index is 12.8. The Balaban J connectivity index is 1.46. The number of carbonyl (C=O) groups excluding carboxylic acids is 1. The van der Waals surface area contributed by atoms with Gasteiger partial charge in [-0.05, 0) is 54.8 Å². The number of carbonyl (C=O) groups is 1. The fourth-order valence-corrected chi connectivity index (χ4v) is 3.37. The molecule has 0 atom stereocenters. The summed E-state index contributed by atoms with van der Waals surface area (Å²) in [6.45, 7) is 4.86. The van der Waals surface area contributed by atoms with Crippen molar-refractivity contribution in [1.29, 1.82) is 0 Å². The van der Waals surface area contributed by atoms with Crippen molar-refractivity contribution in [3.8, 4) is 17.0 Å². The minimum Gasteiger partial charge on any atom is -0.494 e. The molecule has 2 aromatic heterocycles. The van der Waals surface area contributed by atoms with Gasteiger partial charge < -0.3 is 10.1 Å². The zero-order chi connectivity index (χ0) is 22.5. The lowest BCUT2D eigenvalue weighted by molar-refractivity contribution is -0.122. The smallest absolute Gasteiger partial charge is 0.293 e. The Bertz CT molecular complexity index is 1270. The molecule has 2 heterocycles. The van der Waals surface area contributed by atoms with Crippen molar-refractivity contribution in [2.45, 2.75) is 33.4 Å². The highest BCUT2D eigenvalue weighted by Gasteiger charge is 2.12. The predicted octanol–water partition coefficient (Wildman–Crippen LogP) is 2.84. The molecule has 0 fully saturated rings. The van der Waals surface area contributed by atoms with Crippen LogP contribution in [0.15, 0.2) is 65.7 Å². The number of fused-ring (bicyclic) bond motifs is 1. The molecule has 1 amide bonds. The number of aryl methyl sites for hydroxylation is 1. The van der Waals surface area contributed by atoms with Crippen LogP contribution in [0.2, 0.25) is 0 Å². The fourth-order valence-electron chi connectivity index (χ4n) is 3.37. The number of hydrogen-bond acceptors (Lipinski definition) is 5. The Morgan fingerprint density at radius 1 is 1.03 bits per heavy atom. The third kappa shape index (κ3) is 4.69. The second-order valence-electron chi connectivity index (χ2n) is 7.36. The van der Waals surface area contributed by atoms with Crippen LogP contribution in [0, 0.1) is 0 Å². The summed E-state index contributed by atoms with van der Waals surface area (Å²) in [5.41, 5.74) is 3.72. The van der Waals surface area contributed by atoms with E-state index in [0.29, 0.717) is 24.4 Å². The van der Waals surface area contributed by atoms with Crippen LogP contribution in [-0.4, -0.2) is 31.9 Å². The summed E-state index contributed by atoms with van der Waals surface area (Å²) in [4.78, 5) is 25.2. The van der Waals surface area contributed by atoms with E-state index in [4.69, 9.17) is 4.74 Å². The van der Waals surface area contributed by atoms with E-state index in [0.717, 1.165) is 28.0 Å². The summed E-state index contributed by atoms with van der Waals surface area (Å²) < 4.78 is 8.03. The van der Waals surface area contributed by atoms with Gasteiger partial charge in [0.15, 0.2) is 0 Å². The summed E-state index contributed by atoms with van der Waals surface area (Å²) in [6, 6.07) is 17.3. The van der Waals surface area contributed by atoms with Gasteiger partial charge in [0.25, 0.3) is 5.56 Å². The topological polar surface area (TPSA) is 90.5 Å².